The van der Waals surface area contributed by atoms with Crippen LogP contribution in [0.5, 0.6) is 0 Å². The van der Waals surface area contributed by atoms with Gasteiger partial charge < -0.3 is 15.0 Å². The van der Waals surface area contributed by atoms with E-state index < -0.39 is 0 Å². The second-order valence-corrected chi connectivity index (χ2v) is 6.22. The van der Waals surface area contributed by atoms with E-state index in [2.05, 4.69) is 9.88 Å². The fourth-order valence-electron chi connectivity index (χ4n) is 3.69. The summed E-state index contributed by atoms with van der Waals surface area (Å²) in [6.45, 7) is 3.85. The first-order valence-corrected chi connectivity index (χ1v) is 7.89. The molecule has 2 aliphatic rings. The molecule has 2 N–H and O–H groups in total. The molecule has 0 amide bonds. The fraction of sp³-hybridized carbons (Fsp3) is 0.500. The Morgan fingerprint density at radius 1 is 1.39 bits per heavy atom. The largest absolute Gasteiger partial charge is 0.374 e. The highest BCUT2D eigenvalue weighted by molar-refractivity contribution is 5.80. The van der Waals surface area contributed by atoms with Crippen molar-refractivity contribution in [1.29, 1.82) is 0 Å². The van der Waals surface area contributed by atoms with Crippen molar-refractivity contribution < 1.29 is 9.13 Å². The van der Waals surface area contributed by atoms with Crippen LogP contribution in [0.15, 0.2) is 23.1 Å². The Labute approximate surface area is 132 Å². The van der Waals surface area contributed by atoms with Crippen molar-refractivity contribution in [3.63, 3.8) is 0 Å². The summed E-state index contributed by atoms with van der Waals surface area (Å²) in [4.78, 5) is 18.5. The number of halogens is 1. The molecule has 0 aliphatic carbocycles. The lowest BCUT2D eigenvalue weighted by molar-refractivity contribution is -0.0251. The molecule has 2 atom stereocenters. The fourth-order valence-corrected chi connectivity index (χ4v) is 3.69. The molecule has 6 nitrogen and oxygen atoms in total. The summed E-state index contributed by atoms with van der Waals surface area (Å²) in [7, 11) is 0. The molecule has 2 aliphatic heterocycles. The number of ether oxygens (including phenoxy) is 1. The van der Waals surface area contributed by atoms with Gasteiger partial charge in [-0.25, -0.2) is 4.39 Å². The average Bonchev–Trinajstić information content (AvgIpc) is 2.95. The van der Waals surface area contributed by atoms with Crippen LogP contribution in [-0.2, 0) is 11.3 Å². The monoisotopic (exact) mass is 318 g/mol. The molecule has 0 saturated carbocycles. The molecule has 0 spiro atoms. The van der Waals surface area contributed by atoms with E-state index in [1.807, 2.05) is 0 Å². The maximum Gasteiger partial charge on any atom is 0.251 e. The normalized spacial score (nSPS) is 24.4. The standard InChI is InChI=1S/C16H19FN4O2/c17-12-6-19-13-1-2-14(22)21-8-10(15(12)16(13)21)7-20-3-4-23-11(5-18)9-20/h1-2,6,10-11H,3-5,7-9,18H2/t10?,11-/m0/s1. The zero-order valence-corrected chi connectivity index (χ0v) is 12.7. The van der Waals surface area contributed by atoms with Crippen molar-refractivity contribution in [1.82, 2.24) is 14.5 Å². The Balaban J connectivity index is 1.67. The van der Waals surface area contributed by atoms with Gasteiger partial charge in [0.1, 0.15) is 5.82 Å². The summed E-state index contributed by atoms with van der Waals surface area (Å²) in [6, 6.07) is 3.16. The maximum atomic E-state index is 14.4. The van der Waals surface area contributed by atoms with Crippen molar-refractivity contribution in [2.75, 3.05) is 32.8 Å². The van der Waals surface area contributed by atoms with Crippen LogP contribution in [0.1, 0.15) is 11.5 Å². The molecule has 0 aromatic carbocycles. The van der Waals surface area contributed by atoms with E-state index in [1.54, 1.807) is 10.6 Å². The Morgan fingerprint density at radius 3 is 3.09 bits per heavy atom. The zero-order valence-electron chi connectivity index (χ0n) is 12.7. The summed E-state index contributed by atoms with van der Waals surface area (Å²) in [5.74, 6) is -0.380. The molecule has 7 heteroatoms. The minimum Gasteiger partial charge on any atom is -0.374 e. The number of hydrogen-bond acceptors (Lipinski definition) is 5. The summed E-state index contributed by atoms with van der Waals surface area (Å²) in [6.07, 6.45) is 1.28. The predicted molar refractivity (Wildman–Crippen MR) is 83.9 cm³/mol. The highest BCUT2D eigenvalue weighted by atomic mass is 19.1. The molecular weight excluding hydrogens is 299 g/mol. The van der Waals surface area contributed by atoms with E-state index in [4.69, 9.17) is 10.5 Å². The predicted octanol–water partition coefficient (Wildman–Crippen LogP) is 0.292. The molecule has 1 saturated heterocycles. The molecule has 23 heavy (non-hydrogen) atoms. The summed E-state index contributed by atoms with van der Waals surface area (Å²) >= 11 is 0. The Kier molecular flexibility index (Phi) is 3.63. The molecule has 2 aromatic rings. The van der Waals surface area contributed by atoms with Gasteiger partial charge in [0.15, 0.2) is 0 Å². The van der Waals surface area contributed by atoms with Crippen LogP contribution >= 0.6 is 0 Å². The van der Waals surface area contributed by atoms with Crippen molar-refractivity contribution in [3.8, 4) is 0 Å². The van der Waals surface area contributed by atoms with E-state index >= 15 is 0 Å². The first kappa shape index (κ1) is 14.7. The van der Waals surface area contributed by atoms with Crippen LogP contribution in [0, 0.1) is 5.82 Å². The van der Waals surface area contributed by atoms with Gasteiger partial charge in [-0.05, 0) is 6.07 Å². The van der Waals surface area contributed by atoms with E-state index in [1.165, 1.54) is 12.3 Å². The van der Waals surface area contributed by atoms with E-state index in [0.717, 1.165) is 13.1 Å². The smallest absolute Gasteiger partial charge is 0.251 e. The number of hydrogen-bond donors (Lipinski definition) is 1. The van der Waals surface area contributed by atoms with Crippen LogP contribution in [0.4, 0.5) is 4.39 Å². The molecule has 4 heterocycles. The van der Waals surface area contributed by atoms with E-state index in [-0.39, 0.29) is 23.4 Å². The molecule has 1 unspecified atom stereocenters. The van der Waals surface area contributed by atoms with Gasteiger partial charge in [-0.15, -0.1) is 0 Å². The van der Waals surface area contributed by atoms with Crippen LogP contribution in [-0.4, -0.2) is 53.3 Å². The van der Waals surface area contributed by atoms with Crippen molar-refractivity contribution >= 4 is 11.0 Å². The number of nitrogens with zero attached hydrogens (tertiary/aromatic N) is 3. The van der Waals surface area contributed by atoms with Crippen LogP contribution in [0.3, 0.4) is 0 Å². The van der Waals surface area contributed by atoms with Gasteiger partial charge in [0.2, 0.25) is 0 Å². The average molecular weight is 318 g/mol. The first-order valence-electron chi connectivity index (χ1n) is 7.89. The third-order valence-corrected chi connectivity index (χ3v) is 4.77. The van der Waals surface area contributed by atoms with E-state index in [9.17, 15) is 9.18 Å². The lowest BCUT2D eigenvalue weighted by Crippen LogP contribution is -2.47. The first-order chi connectivity index (χ1) is 11.2. The highest BCUT2D eigenvalue weighted by Gasteiger charge is 2.31. The number of morpholine rings is 1. The summed E-state index contributed by atoms with van der Waals surface area (Å²) in [5, 5.41) is 0. The van der Waals surface area contributed by atoms with Gasteiger partial charge in [-0.1, -0.05) is 0 Å². The molecule has 4 rings (SSSR count). The lowest BCUT2D eigenvalue weighted by Gasteiger charge is -2.33. The number of nitrogens with two attached hydrogens (primary N) is 1. The molecule has 122 valence electrons. The third kappa shape index (κ3) is 2.45. The minimum atomic E-state index is -0.331. The van der Waals surface area contributed by atoms with Gasteiger partial charge in [0.25, 0.3) is 5.56 Å². The van der Waals surface area contributed by atoms with Crippen molar-refractivity contribution in [2.24, 2.45) is 5.73 Å². The van der Waals surface area contributed by atoms with Crippen LogP contribution < -0.4 is 11.3 Å². The number of aromatic nitrogens is 2. The molecule has 0 bridgehead atoms. The molecule has 0 radical (unpaired) electrons. The SMILES string of the molecule is NC[C@H]1CN(CC2Cn3c(=O)ccc4ncc(F)c2c43)CCO1. The lowest BCUT2D eigenvalue weighted by atomic mass is 10.00. The number of pyridine rings is 2. The number of rotatable bonds is 3. The topological polar surface area (TPSA) is 73.4 Å². The van der Waals surface area contributed by atoms with Gasteiger partial charge in [0, 0.05) is 50.3 Å². The summed E-state index contributed by atoms with van der Waals surface area (Å²) < 4.78 is 21.6. The Hall–Kier alpha value is -1.83. The second kappa shape index (κ2) is 5.67. The maximum absolute atomic E-state index is 14.4. The molecular formula is C16H19FN4O2. The zero-order chi connectivity index (χ0) is 16.0. The van der Waals surface area contributed by atoms with Gasteiger partial charge >= 0.3 is 0 Å². The van der Waals surface area contributed by atoms with E-state index in [0.29, 0.717) is 42.8 Å². The van der Waals surface area contributed by atoms with Gasteiger partial charge in [0.05, 0.1) is 29.9 Å². The van der Waals surface area contributed by atoms with Gasteiger partial charge in [-0.3, -0.25) is 14.7 Å². The molecule has 2 aromatic heterocycles. The summed E-state index contributed by atoms with van der Waals surface area (Å²) in [5.41, 5.74) is 7.51. The van der Waals surface area contributed by atoms with Crippen molar-refractivity contribution in [3.05, 3.63) is 40.1 Å². The second-order valence-electron chi connectivity index (χ2n) is 6.22. The van der Waals surface area contributed by atoms with Gasteiger partial charge in [-0.2, -0.15) is 0 Å². The Morgan fingerprint density at radius 2 is 2.26 bits per heavy atom. The molecule has 1 fully saturated rings. The quantitative estimate of drug-likeness (QED) is 0.881. The van der Waals surface area contributed by atoms with Crippen molar-refractivity contribution in [2.45, 2.75) is 18.6 Å². The highest BCUT2D eigenvalue weighted by Crippen LogP contribution is 2.34. The minimum absolute atomic E-state index is 0.0255. The Bertz CT molecular complexity index is 807. The third-order valence-electron chi connectivity index (χ3n) is 4.77. The van der Waals surface area contributed by atoms with Crippen LogP contribution in [0.2, 0.25) is 0 Å². The van der Waals surface area contributed by atoms with Crippen LogP contribution in [0.25, 0.3) is 11.0 Å².